The average molecular weight is 336 g/mol. The number of rotatable bonds is 5. The minimum Gasteiger partial charge on any atom is -0.493 e. The zero-order chi connectivity index (χ0) is 18.0. The van der Waals surface area contributed by atoms with Crippen LogP contribution in [-0.4, -0.2) is 14.2 Å². The third kappa shape index (κ3) is 3.14. The Morgan fingerprint density at radius 1 is 0.880 bits per heavy atom. The molecule has 0 radical (unpaired) electrons. The molecule has 128 valence electrons. The number of aryl methyl sites for hydroxylation is 2. The number of furan rings is 2. The molecule has 0 bridgehead atoms. The Balaban J connectivity index is 2.25. The summed E-state index contributed by atoms with van der Waals surface area (Å²) in [7, 11) is 3.18. The van der Waals surface area contributed by atoms with Crippen LogP contribution in [0.15, 0.2) is 45.2 Å². The van der Waals surface area contributed by atoms with Crippen LogP contribution in [0.3, 0.4) is 0 Å². The van der Waals surface area contributed by atoms with Gasteiger partial charge in [-0.2, -0.15) is 0 Å². The molecule has 2 heterocycles. The predicted molar refractivity (Wildman–Crippen MR) is 95.3 cm³/mol. The van der Waals surface area contributed by atoms with Gasteiger partial charge in [0.15, 0.2) is 11.5 Å². The van der Waals surface area contributed by atoms with Gasteiger partial charge in [-0.05, 0) is 55.8 Å². The summed E-state index contributed by atoms with van der Waals surface area (Å²) in [6.07, 6.45) is 5.76. The van der Waals surface area contributed by atoms with Gasteiger partial charge < -0.3 is 18.3 Å². The standard InChI is InChI=1S/C21H20O4/c1-6-15-11-19(22-4)20(23-5)12-16(15)21(17-9-7-13(2)24-17)18-10-8-14(3)25-18/h1,7-12,21H,2-5H3. The van der Waals surface area contributed by atoms with Gasteiger partial charge in [-0.25, -0.2) is 0 Å². The van der Waals surface area contributed by atoms with Gasteiger partial charge in [-0.1, -0.05) is 5.92 Å². The van der Waals surface area contributed by atoms with Crippen LogP contribution in [0.25, 0.3) is 0 Å². The molecule has 0 spiro atoms. The molecule has 0 unspecified atom stereocenters. The van der Waals surface area contributed by atoms with Crippen LogP contribution in [0.4, 0.5) is 0 Å². The van der Waals surface area contributed by atoms with E-state index < -0.39 is 0 Å². The normalized spacial score (nSPS) is 10.7. The van der Waals surface area contributed by atoms with E-state index >= 15 is 0 Å². The second-order valence-corrected chi connectivity index (χ2v) is 5.77. The average Bonchev–Trinajstić information content (AvgIpc) is 3.23. The fourth-order valence-corrected chi connectivity index (χ4v) is 2.92. The lowest BCUT2D eigenvalue weighted by Crippen LogP contribution is -2.05. The zero-order valence-corrected chi connectivity index (χ0v) is 14.8. The van der Waals surface area contributed by atoms with Gasteiger partial charge in [0.1, 0.15) is 29.0 Å². The molecule has 0 aliphatic heterocycles. The first-order valence-electron chi connectivity index (χ1n) is 7.92. The van der Waals surface area contributed by atoms with E-state index in [2.05, 4.69) is 5.92 Å². The minimum absolute atomic E-state index is 0.270. The van der Waals surface area contributed by atoms with Gasteiger partial charge in [0.25, 0.3) is 0 Å². The quantitative estimate of drug-likeness (QED) is 0.635. The molecule has 0 N–H and O–H groups in total. The molecule has 2 aromatic heterocycles. The van der Waals surface area contributed by atoms with Crippen molar-refractivity contribution in [3.05, 3.63) is 70.6 Å². The Hall–Kier alpha value is -3.06. The Morgan fingerprint density at radius 3 is 1.80 bits per heavy atom. The minimum atomic E-state index is -0.270. The molecule has 4 nitrogen and oxygen atoms in total. The Bertz CT molecular complexity index is 884. The molecule has 3 rings (SSSR count). The Kier molecular flexibility index (Phi) is 4.58. The van der Waals surface area contributed by atoms with Gasteiger partial charge in [0.2, 0.25) is 0 Å². The molecule has 0 amide bonds. The number of terminal acetylenes is 1. The van der Waals surface area contributed by atoms with Crippen LogP contribution in [0.2, 0.25) is 0 Å². The number of benzene rings is 1. The fraction of sp³-hybridized carbons (Fsp3) is 0.238. The van der Waals surface area contributed by atoms with E-state index in [0.29, 0.717) is 17.1 Å². The van der Waals surface area contributed by atoms with Crippen molar-refractivity contribution < 1.29 is 18.3 Å². The first kappa shape index (κ1) is 16.8. The third-order valence-corrected chi connectivity index (χ3v) is 4.11. The van der Waals surface area contributed by atoms with Gasteiger partial charge >= 0.3 is 0 Å². The van der Waals surface area contributed by atoms with E-state index in [9.17, 15) is 0 Å². The van der Waals surface area contributed by atoms with Crippen molar-refractivity contribution in [2.24, 2.45) is 0 Å². The predicted octanol–water partition coefficient (Wildman–Crippen LogP) is 4.67. The van der Waals surface area contributed by atoms with Crippen molar-refractivity contribution in [3.63, 3.8) is 0 Å². The molecule has 0 saturated heterocycles. The SMILES string of the molecule is C#Cc1cc(OC)c(OC)cc1C(c1ccc(C)o1)c1ccc(C)o1. The summed E-state index contributed by atoms with van der Waals surface area (Å²) < 4.78 is 22.6. The second kappa shape index (κ2) is 6.82. The van der Waals surface area contributed by atoms with E-state index in [4.69, 9.17) is 24.7 Å². The van der Waals surface area contributed by atoms with Crippen molar-refractivity contribution in [2.45, 2.75) is 19.8 Å². The van der Waals surface area contributed by atoms with Crippen molar-refractivity contribution >= 4 is 0 Å². The highest BCUT2D eigenvalue weighted by atomic mass is 16.5. The number of hydrogen-bond acceptors (Lipinski definition) is 4. The fourth-order valence-electron chi connectivity index (χ4n) is 2.92. The smallest absolute Gasteiger partial charge is 0.161 e. The van der Waals surface area contributed by atoms with Gasteiger partial charge in [0.05, 0.1) is 14.2 Å². The van der Waals surface area contributed by atoms with Crippen LogP contribution in [0, 0.1) is 26.2 Å². The molecule has 0 fully saturated rings. The van der Waals surface area contributed by atoms with E-state index in [1.165, 1.54) is 0 Å². The second-order valence-electron chi connectivity index (χ2n) is 5.77. The molecular formula is C21H20O4. The maximum atomic E-state index is 5.89. The lowest BCUT2D eigenvalue weighted by Gasteiger charge is -2.18. The molecule has 0 saturated carbocycles. The van der Waals surface area contributed by atoms with E-state index in [-0.39, 0.29) is 5.92 Å². The van der Waals surface area contributed by atoms with Crippen molar-refractivity contribution in [3.8, 4) is 23.8 Å². The Morgan fingerprint density at radius 2 is 1.40 bits per heavy atom. The highest BCUT2D eigenvalue weighted by Crippen LogP contribution is 2.40. The molecular weight excluding hydrogens is 316 g/mol. The first-order valence-corrected chi connectivity index (χ1v) is 7.92. The summed E-state index contributed by atoms with van der Waals surface area (Å²) in [5, 5.41) is 0. The van der Waals surface area contributed by atoms with Crippen molar-refractivity contribution in [1.82, 2.24) is 0 Å². The molecule has 4 heteroatoms. The van der Waals surface area contributed by atoms with Crippen LogP contribution in [0.5, 0.6) is 11.5 Å². The molecule has 25 heavy (non-hydrogen) atoms. The Labute approximate surface area is 147 Å². The van der Waals surface area contributed by atoms with Crippen LogP contribution < -0.4 is 9.47 Å². The monoisotopic (exact) mass is 336 g/mol. The summed E-state index contributed by atoms with van der Waals surface area (Å²) in [4.78, 5) is 0. The van der Waals surface area contributed by atoms with Crippen molar-refractivity contribution in [1.29, 1.82) is 0 Å². The van der Waals surface area contributed by atoms with Crippen molar-refractivity contribution in [2.75, 3.05) is 14.2 Å². The lowest BCUT2D eigenvalue weighted by atomic mass is 9.89. The summed E-state index contributed by atoms with van der Waals surface area (Å²) in [5.74, 6) is 6.83. The zero-order valence-electron chi connectivity index (χ0n) is 14.8. The number of methoxy groups -OCH3 is 2. The molecule has 3 aromatic rings. The summed E-state index contributed by atoms with van der Waals surface area (Å²) in [6.45, 7) is 3.81. The summed E-state index contributed by atoms with van der Waals surface area (Å²) in [6, 6.07) is 11.4. The van der Waals surface area contributed by atoms with Crippen LogP contribution in [0.1, 0.15) is 40.1 Å². The third-order valence-electron chi connectivity index (χ3n) is 4.11. The first-order chi connectivity index (χ1) is 12.1. The van der Waals surface area contributed by atoms with Gasteiger partial charge in [-0.3, -0.25) is 0 Å². The number of hydrogen-bond donors (Lipinski definition) is 0. The van der Waals surface area contributed by atoms with Crippen LogP contribution in [-0.2, 0) is 0 Å². The van der Waals surface area contributed by atoms with E-state index in [1.54, 1.807) is 20.3 Å². The van der Waals surface area contributed by atoms with Gasteiger partial charge in [0, 0.05) is 5.56 Å². The van der Waals surface area contributed by atoms with Crippen LogP contribution >= 0.6 is 0 Å². The number of ether oxygens (including phenoxy) is 2. The maximum absolute atomic E-state index is 5.89. The van der Waals surface area contributed by atoms with E-state index in [1.807, 2.05) is 44.2 Å². The molecule has 0 atom stereocenters. The van der Waals surface area contributed by atoms with Gasteiger partial charge in [-0.15, -0.1) is 6.42 Å². The summed E-state index contributed by atoms with van der Waals surface area (Å²) >= 11 is 0. The molecule has 0 aliphatic rings. The highest BCUT2D eigenvalue weighted by molar-refractivity contribution is 5.56. The van der Waals surface area contributed by atoms with E-state index in [0.717, 1.165) is 28.6 Å². The summed E-state index contributed by atoms with van der Waals surface area (Å²) in [5.41, 5.74) is 1.56. The topological polar surface area (TPSA) is 44.7 Å². The lowest BCUT2D eigenvalue weighted by molar-refractivity contribution is 0.353. The molecule has 0 aliphatic carbocycles. The maximum Gasteiger partial charge on any atom is 0.161 e. The largest absolute Gasteiger partial charge is 0.493 e. The highest BCUT2D eigenvalue weighted by Gasteiger charge is 2.27. The molecule has 1 aromatic carbocycles.